The van der Waals surface area contributed by atoms with E-state index in [2.05, 4.69) is 27.7 Å². The largest absolute Gasteiger partial charge is 0.330 e. The molecule has 0 aliphatic heterocycles. The van der Waals surface area contributed by atoms with Crippen molar-refractivity contribution in [2.24, 2.45) is 11.7 Å². The second-order valence-electron chi connectivity index (χ2n) is 4.36. The zero-order chi connectivity index (χ0) is 11.9. The minimum Gasteiger partial charge on any atom is -0.330 e. The normalized spacial score (nSPS) is 11.8. The molecule has 1 unspecified atom stereocenters. The van der Waals surface area contributed by atoms with Gasteiger partial charge in [0, 0.05) is 0 Å². The Morgan fingerprint density at radius 2 is 1.27 bits per heavy atom. The summed E-state index contributed by atoms with van der Waals surface area (Å²) in [4.78, 5) is 0. The second kappa shape index (κ2) is 16.4. The van der Waals surface area contributed by atoms with Crippen molar-refractivity contribution in [3.63, 3.8) is 0 Å². The Morgan fingerprint density at radius 1 is 0.800 bits per heavy atom. The van der Waals surface area contributed by atoms with Crippen molar-refractivity contribution >= 4 is 0 Å². The van der Waals surface area contributed by atoms with Gasteiger partial charge in [-0.05, 0) is 18.9 Å². The van der Waals surface area contributed by atoms with Crippen LogP contribution in [0.4, 0.5) is 0 Å². The molecular weight excluding hydrogens is 182 g/mol. The molecule has 0 heterocycles. The molecule has 0 aromatic carbocycles. The predicted octanol–water partition coefficient (Wildman–Crippen LogP) is 4.75. The van der Waals surface area contributed by atoms with E-state index in [0.717, 1.165) is 12.5 Å². The molecule has 94 valence electrons. The van der Waals surface area contributed by atoms with Gasteiger partial charge < -0.3 is 5.73 Å². The Balaban J connectivity index is 0. The zero-order valence-electron chi connectivity index (χ0n) is 11.5. The molecule has 1 atom stereocenters. The van der Waals surface area contributed by atoms with Crippen LogP contribution in [0.3, 0.4) is 0 Å². The third-order valence-electron chi connectivity index (χ3n) is 2.83. The lowest BCUT2D eigenvalue weighted by Gasteiger charge is -2.09. The van der Waals surface area contributed by atoms with Crippen LogP contribution in [0.5, 0.6) is 0 Å². The maximum Gasteiger partial charge on any atom is -0.00490 e. The van der Waals surface area contributed by atoms with Crippen molar-refractivity contribution < 1.29 is 0 Å². The third kappa shape index (κ3) is 16.6. The topological polar surface area (TPSA) is 26.0 Å². The summed E-state index contributed by atoms with van der Waals surface area (Å²) in [6.07, 6.45) is 10.8. The molecule has 1 heteroatoms. The van der Waals surface area contributed by atoms with Gasteiger partial charge in [0.25, 0.3) is 0 Å². The molecule has 0 aromatic heterocycles. The van der Waals surface area contributed by atoms with Gasteiger partial charge in [0.05, 0.1) is 0 Å². The molecule has 0 bridgehead atoms. The van der Waals surface area contributed by atoms with E-state index in [1.807, 2.05) is 0 Å². The van der Waals surface area contributed by atoms with E-state index in [-0.39, 0.29) is 0 Å². The van der Waals surface area contributed by atoms with Gasteiger partial charge in [0.15, 0.2) is 0 Å². The van der Waals surface area contributed by atoms with Gasteiger partial charge >= 0.3 is 0 Å². The number of nitrogens with two attached hydrogens (primary N) is 1. The lowest BCUT2D eigenvalue weighted by molar-refractivity contribution is 0.461. The van der Waals surface area contributed by atoms with Gasteiger partial charge in [-0.3, -0.25) is 0 Å². The number of rotatable bonds is 8. The molecular formula is C14H33N. The first kappa shape index (κ1) is 17.4. The van der Waals surface area contributed by atoms with E-state index in [4.69, 9.17) is 5.73 Å². The average molecular weight is 215 g/mol. The summed E-state index contributed by atoms with van der Waals surface area (Å²) in [7, 11) is 0. The standard InChI is InChI=1S/C8H19N.C6H14/c1-3-5-6-8(4-2)7-9;1-3-5-6-4-2/h8H,3-7,9H2,1-2H3;3-6H2,1-2H3. The quantitative estimate of drug-likeness (QED) is 0.581. The number of unbranched alkanes of at least 4 members (excludes halogenated alkanes) is 4. The zero-order valence-corrected chi connectivity index (χ0v) is 11.5. The smallest absolute Gasteiger partial charge is 0.00490 e. The minimum absolute atomic E-state index is 0.782. The Morgan fingerprint density at radius 3 is 1.53 bits per heavy atom. The fourth-order valence-electron chi connectivity index (χ4n) is 1.48. The van der Waals surface area contributed by atoms with Gasteiger partial charge in [0.2, 0.25) is 0 Å². The van der Waals surface area contributed by atoms with Gasteiger partial charge in [-0.2, -0.15) is 0 Å². The van der Waals surface area contributed by atoms with Gasteiger partial charge in [-0.1, -0.05) is 72.6 Å². The first-order valence-electron chi connectivity index (χ1n) is 6.96. The Labute approximate surface area is 97.8 Å². The molecule has 0 saturated carbocycles. The summed E-state index contributed by atoms with van der Waals surface area (Å²) < 4.78 is 0. The summed E-state index contributed by atoms with van der Waals surface area (Å²) in [5.74, 6) is 0.782. The molecule has 0 radical (unpaired) electrons. The van der Waals surface area contributed by atoms with Crippen LogP contribution in [0.15, 0.2) is 0 Å². The van der Waals surface area contributed by atoms with E-state index in [9.17, 15) is 0 Å². The highest BCUT2D eigenvalue weighted by Crippen LogP contribution is 2.09. The average Bonchev–Trinajstić information content (AvgIpc) is 2.29. The molecule has 0 aliphatic carbocycles. The van der Waals surface area contributed by atoms with Crippen molar-refractivity contribution in [2.75, 3.05) is 6.54 Å². The molecule has 0 saturated heterocycles. The minimum atomic E-state index is 0.782. The van der Waals surface area contributed by atoms with E-state index >= 15 is 0 Å². The predicted molar refractivity (Wildman–Crippen MR) is 72.2 cm³/mol. The molecule has 0 amide bonds. The molecule has 2 N–H and O–H groups in total. The SMILES string of the molecule is CCCCC(CC)CN.CCCCCC. The van der Waals surface area contributed by atoms with Crippen molar-refractivity contribution in [3.8, 4) is 0 Å². The Hall–Kier alpha value is -0.0400. The third-order valence-corrected chi connectivity index (χ3v) is 2.83. The second-order valence-corrected chi connectivity index (χ2v) is 4.36. The lowest BCUT2D eigenvalue weighted by atomic mass is 10.00. The van der Waals surface area contributed by atoms with Crippen LogP contribution >= 0.6 is 0 Å². The molecule has 0 rings (SSSR count). The highest BCUT2D eigenvalue weighted by Gasteiger charge is 2.00. The van der Waals surface area contributed by atoms with Crippen LogP contribution in [0, 0.1) is 5.92 Å². The van der Waals surface area contributed by atoms with Crippen molar-refractivity contribution in [2.45, 2.75) is 79.1 Å². The lowest BCUT2D eigenvalue weighted by Crippen LogP contribution is -2.12. The van der Waals surface area contributed by atoms with E-state index in [0.29, 0.717) is 0 Å². The van der Waals surface area contributed by atoms with Gasteiger partial charge in [-0.25, -0.2) is 0 Å². The van der Waals surface area contributed by atoms with E-state index < -0.39 is 0 Å². The number of hydrogen-bond donors (Lipinski definition) is 1. The highest BCUT2D eigenvalue weighted by atomic mass is 14.5. The van der Waals surface area contributed by atoms with Crippen LogP contribution in [0.2, 0.25) is 0 Å². The molecule has 0 aromatic rings. The van der Waals surface area contributed by atoms with E-state index in [1.54, 1.807) is 0 Å². The number of hydrogen-bond acceptors (Lipinski definition) is 1. The van der Waals surface area contributed by atoms with Crippen molar-refractivity contribution in [1.82, 2.24) is 0 Å². The first-order valence-corrected chi connectivity index (χ1v) is 6.96. The maximum absolute atomic E-state index is 5.52. The van der Waals surface area contributed by atoms with E-state index in [1.165, 1.54) is 51.4 Å². The van der Waals surface area contributed by atoms with Crippen LogP contribution < -0.4 is 5.73 Å². The Kier molecular flexibility index (Phi) is 19.0. The summed E-state index contributed by atoms with van der Waals surface area (Å²) >= 11 is 0. The maximum atomic E-state index is 5.52. The Bertz CT molecular complexity index is 83.3. The van der Waals surface area contributed by atoms with Crippen LogP contribution in [0.1, 0.15) is 79.1 Å². The summed E-state index contributed by atoms with van der Waals surface area (Å²) in [6, 6.07) is 0. The molecule has 0 fully saturated rings. The van der Waals surface area contributed by atoms with Crippen LogP contribution in [-0.4, -0.2) is 6.54 Å². The highest BCUT2D eigenvalue weighted by molar-refractivity contribution is 4.56. The fourth-order valence-corrected chi connectivity index (χ4v) is 1.48. The fraction of sp³-hybridized carbons (Fsp3) is 1.00. The van der Waals surface area contributed by atoms with Crippen LogP contribution in [0.25, 0.3) is 0 Å². The molecule has 1 nitrogen and oxygen atoms in total. The van der Waals surface area contributed by atoms with Crippen molar-refractivity contribution in [3.05, 3.63) is 0 Å². The molecule has 15 heavy (non-hydrogen) atoms. The molecule has 0 spiro atoms. The summed E-state index contributed by atoms with van der Waals surface area (Å²) in [6.45, 7) is 9.78. The van der Waals surface area contributed by atoms with Gasteiger partial charge in [0.1, 0.15) is 0 Å². The summed E-state index contributed by atoms with van der Waals surface area (Å²) in [5, 5.41) is 0. The van der Waals surface area contributed by atoms with Crippen molar-refractivity contribution in [1.29, 1.82) is 0 Å². The monoisotopic (exact) mass is 215 g/mol. The van der Waals surface area contributed by atoms with Gasteiger partial charge in [-0.15, -0.1) is 0 Å². The molecule has 0 aliphatic rings. The van der Waals surface area contributed by atoms with Crippen LogP contribution in [-0.2, 0) is 0 Å². The summed E-state index contributed by atoms with van der Waals surface area (Å²) in [5.41, 5.74) is 5.52. The first-order chi connectivity index (χ1) is 7.26.